The van der Waals surface area contributed by atoms with E-state index in [0.29, 0.717) is 19.1 Å². The number of nitrogens with one attached hydrogen (secondary N) is 1. The van der Waals surface area contributed by atoms with E-state index in [0.717, 1.165) is 22.8 Å². The largest absolute Gasteiger partial charge is 0.492 e. The van der Waals surface area contributed by atoms with Gasteiger partial charge in [-0.1, -0.05) is 0 Å². The minimum Gasteiger partial charge on any atom is -0.492 e. The van der Waals surface area contributed by atoms with Gasteiger partial charge in [-0.25, -0.2) is 9.97 Å². The Balaban J connectivity index is 1.79. The fraction of sp³-hybridized carbons (Fsp3) is 0.286. The summed E-state index contributed by atoms with van der Waals surface area (Å²) in [6.07, 6.45) is 0. The third-order valence-corrected chi connectivity index (χ3v) is 2.52. The lowest BCUT2D eigenvalue weighted by Crippen LogP contribution is -2.14. The molecule has 0 fully saturated rings. The van der Waals surface area contributed by atoms with E-state index in [1.54, 1.807) is 0 Å². The van der Waals surface area contributed by atoms with Crippen molar-refractivity contribution in [1.82, 2.24) is 9.97 Å². The van der Waals surface area contributed by atoms with Crippen molar-refractivity contribution < 1.29 is 4.74 Å². The first kappa shape index (κ1) is 13.1. The molecule has 5 nitrogen and oxygen atoms in total. The average Bonchev–Trinajstić information content (AvgIpc) is 2.36. The van der Waals surface area contributed by atoms with Crippen LogP contribution in [0.15, 0.2) is 30.3 Å². The topological polar surface area (TPSA) is 73.1 Å². The number of nitrogen functional groups attached to an aromatic ring is 1. The fourth-order valence-corrected chi connectivity index (χ4v) is 1.70. The number of aryl methyl sites for hydroxylation is 2. The lowest BCUT2D eigenvalue weighted by Gasteiger charge is -2.08. The molecular weight excluding hydrogens is 240 g/mol. The predicted molar refractivity (Wildman–Crippen MR) is 76.3 cm³/mol. The Morgan fingerprint density at radius 2 is 1.74 bits per heavy atom. The molecule has 0 aliphatic heterocycles. The number of nitrogens with two attached hydrogens (primary N) is 1. The predicted octanol–water partition coefficient (Wildman–Crippen LogP) is 2.17. The maximum atomic E-state index is 5.60. The molecule has 0 amide bonds. The molecular formula is C14H18N4O. The van der Waals surface area contributed by atoms with Crippen molar-refractivity contribution >= 4 is 11.6 Å². The van der Waals surface area contributed by atoms with Gasteiger partial charge in [0.2, 0.25) is 5.95 Å². The second-order valence-corrected chi connectivity index (χ2v) is 4.32. The fourth-order valence-electron chi connectivity index (χ4n) is 1.70. The molecule has 0 saturated carbocycles. The quantitative estimate of drug-likeness (QED) is 0.635. The lowest BCUT2D eigenvalue weighted by atomic mass is 10.3. The van der Waals surface area contributed by atoms with Crippen molar-refractivity contribution in [3.63, 3.8) is 0 Å². The van der Waals surface area contributed by atoms with E-state index in [4.69, 9.17) is 10.5 Å². The number of benzene rings is 1. The van der Waals surface area contributed by atoms with Crippen molar-refractivity contribution in [3.8, 4) is 5.75 Å². The molecule has 3 N–H and O–H groups in total. The summed E-state index contributed by atoms with van der Waals surface area (Å²) in [6, 6.07) is 9.27. The Kier molecular flexibility index (Phi) is 4.18. The highest BCUT2D eigenvalue weighted by Crippen LogP contribution is 2.12. The van der Waals surface area contributed by atoms with Gasteiger partial charge in [0.05, 0.1) is 6.54 Å². The molecule has 0 atom stereocenters. The molecule has 5 heteroatoms. The zero-order chi connectivity index (χ0) is 13.7. The molecule has 1 aromatic carbocycles. The first-order valence-corrected chi connectivity index (χ1v) is 6.18. The molecule has 0 aliphatic carbocycles. The average molecular weight is 258 g/mol. The van der Waals surface area contributed by atoms with E-state index in [-0.39, 0.29) is 0 Å². The van der Waals surface area contributed by atoms with Gasteiger partial charge in [-0.3, -0.25) is 0 Å². The summed E-state index contributed by atoms with van der Waals surface area (Å²) in [6.45, 7) is 5.09. The molecule has 0 bridgehead atoms. The summed E-state index contributed by atoms with van der Waals surface area (Å²) in [5.41, 5.74) is 8.24. The number of hydrogen-bond acceptors (Lipinski definition) is 5. The maximum absolute atomic E-state index is 5.60. The van der Waals surface area contributed by atoms with Crippen LogP contribution in [0.5, 0.6) is 5.75 Å². The van der Waals surface area contributed by atoms with Crippen molar-refractivity contribution in [2.75, 3.05) is 24.2 Å². The van der Waals surface area contributed by atoms with Gasteiger partial charge in [0.1, 0.15) is 12.4 Å². The zero-order valence-electron chi connectivity index (χ0n) is 11.2. The number of hydrogen-bond donors (Lipinski definition) is 2. The van der Waals surface area contributed by atoms with Crippen LogP contribution in [0.4, 0.5) is 11.6 Å². The number of anilines is 2. The van der Waals surface area contributed by atoms with Crippen molar-refractivity contribution in [1.29, 1.82) is 0 Å². The summed E-state index contributed by atoms with van der Waals surface area (Å²) in [4.78, 5) is 8.59. The van der Waals surface area contributed by atoms with Crippen LogP contribution in [0, 0.1) is 13.8 Å². The van der Waals surface area contributed by atoms with Gasteiger partial charge >= 0.3 is 0 Å². The minimum absolute atomic E-state index is 0.542. The second kappa shape index (κ2) is 6.04. The van der Waals surface area contributed by atoms with Crippen molar-refractivity contribution in [2.24, 2.45) is 0 Å². The Labute approximate surface area is 112 Å². The van der Waals surface area contributed by atoms with Crippen LogP contribution in [0.3, 0.4) is 0 Å². The molecule has 0 spiro atoms. The molecule has 0 radical (unpaired) electrons. The first-order valence-electron chi connectivity index (χ1n) is 6.18. The van der Waals surface area contributed by atoms with Crippen LogP contribution in [0.25, 0.3) is 0 Å². The van der Waals surface area contributed by atoms with Crippen LogP contribution in [-0.2, 0) is 0 Å². The Morgan fingerprint density at radius 1 is 1.11 bits per heavy atom. The van der Waals surface area contributed by atoms with E-state index in [1.165, 1.54) is 0 Å². The van der Waals surface area contributed by atoms with Gasteiger partial charge in [-0.15, -0.1) is 0 Å². The normalized spacial score (nSPS) is 10.2. The van der Waals surface area contributed by atoms with E-state index >= 15 is 0 Å². The molecule has 0 aliphatic rings. The van der Waals surface area contributed by atoms with Crippen molar-refractivity contribution in [2.45, 2.75) is 13.8 Å². The highest BCUT2D eigenvalue weighted by Gasteiger charge is 1.99. The second-order valence-electron chi connectivity index (χ2n) is 4.32. The van der Waals surface area contributed by atoms with E-state index in [2.05, 4.69) is 15.3 Å². The van der Waals surface area contributed by atoms with E-state index in [9.17, 15) is 0 Å². The third-order valence-electron chi connectivity index (χ3n) is 2.52. The van der Waals surface area contributed by atoms with Gasteiger partial charge in [0.15, 0.2) is 0 Å². The molecule has 0 unspecified atom stereocenters. The van der Waals surface area contributed by atoms with Crippen molar-refractivity contribution in [3.05, 3.63) is 41.7 Å². The standard InChI is InChI=1S/C14H18N4O/c1-10-9-11(2)18-14(17-10)16-7-8-19-13-5-3-12(15)4-6-13/h3-6,9H,7-8,15H2,1-2H3,(H,16,17,18). The van der Waals surface area contributed by atoms with Crippen LogP contribution < -0.4 is 15.8 Å². The monoisotopic (exact) mass is 258 g/mol. The summed E-state index contributed by atoms with van der Waals surface area (Å²) in [7, 11) is 0. The number of nitrogens with zero attached hydrogens (tertiary/aromatic N) is 2. The molecule has 0 saturated heterocycles. The Hall–Kier alpha value is -2.30. The number of ether oxygens (including phenoxy) is 1. The first-order chi connectivity index (χ1) is 9.13. The SMILES string of the molecule is Cc1cc(C)nc(NCCOc2ccc(N)cc2)n1. The van der Waals surface area contributed by atoms with Crippen LogP contribution in [0.2, 0.25) is 0 Å². The summed E-state index contributed by atoms with van der Waals surface area (Å²) < 4.78 is 5.57. The number of aromatic nitrogens is 2. The molecule has 1 heterocycles. The molecule has 1 aromatic heterocycles. The highest BCUT2D eigenvalue weighted by molar-refractivity contribution is 5.41. The van der Waals surface area contributed by atoms with Gasteiger partial charge in [0, 0.05) is 17.1 Å². The molecule has 2 rings (SSSR count). The van der Waals surface area contributed by atoms with Crippen LogP contribution >= 0.6 is 0 Å². The number of rotatable bonds is 5. The van der Waals surface area contributed by atoms with Crippen LogP contribution in [-0.4, -0.2) is 23.1 Å². The van der Waals surface area contributed by atoms with E-state index in [1.807, 2.05) is 44.2 Å². The summed E-state index contributed by atoms with van der Waals surface area (Å²) in [5, 5.41) is 3.14. The maximum Gasteiger partial charge on any atom is 0.223 e. The highest BCUT2D eigenvalue weighted by atomic mass is 16.5. The molecule has 19 heavy (non-hydrogen) atoms. The molecule has 2 aromatic rings. The van der Waals surface area contributed by atoms with Gasteiger partial charge in [-0.2, -0.15) is 0 Å². The minimum atomic E-state index is 0.542. The Bertz CT molecular complexity index is 519. The summed E-state index contributed by atoms with van der Waals surface area (Å²) in [5.74, 6) is 1.44. The third kappa shape index (κ3) is 4.13. The van der Waals surface area contributed by atoms with Gasteiger partial charge in [-0.05, 0) is 44.2 Å². The molecule has 100 valence electrons. The lowest BCUT2D eigenvalue weighted by molar-refractivity contribution is 0.332. The summed E-state index contributed by atoms with van der Waals surface area (Å²) >= 11 is 0. The van der Waals surface area contributed by atoms with Gasteiger partial charge < -0.3 is 15.8 Å². The Morgan fingerprint density at radius 3 is 2.37 bits per heavy atom. The van der Waals surface area contributed by atoms with Gasteiger partial charge in [0.25, 0.3) is 0 Å². The van der Waals surface area contributed by atoms with Crippen LogP contribution in [0.1, 0.15) is 11.4 Å². The smallest absolute Gasteiger partial charge is 0.223 e. The van der Waals surface area contributed by atoms with E-state index < -0.39 is 0 Å². The zero-order valence-corrected chi connectivity index (χ0v) is 11.2.